The molecule has 0 atom stereocenters. The fourth-order valence-electron chi connectivity index (χ4n) is 3.99. The van der Waals surface area contributed by atoms with Crippen LogP contribution in [0.2, 0.25) is 0 Å². The van der Waals surface area contributed by atoms with Crippen LogP contribution in [0.3, 0.4) is 0 Å². The molecule has 3 aromatic rings. The molecule has 1 aromatic carbocycles. The molecule has 0 radical (unpaired) electrons. The monoisotopic (exact) mass is 470 g/mol. The normalized spacial score (nSPS) is 15.1. The number of nitrogens with one attached hydrogen (secondary N) is 1. The van der Waals surface area contributed by atoms with Gasteiger partial charge in [0.15, 0.2) is 0 Å². The van der Waals surface area contributed by atoms with Crippen molar-refractivity contribution in [2.75, 3.05) is 21.9 Å². The van der Waals surface area contributed by atoms with Crippen LogP contribution in [0.5, 0.6) is 5.75 Å². The van der Waals surface area contributed by atoms with Gasteiger partial charge in [-0.15, -0.1) is 0 Å². The molecule has 174 valence electrons. The highest BCUT2D eigenvalue weighted by atomic mass is 32.2. The van der Waals surface area contributed by atoms with E-state index in [1.54, 1.807) is 4.68 Å². The molecule has 2 N–H and O–H groups in total. The van der Waals surface area contributed by atoms with Crippen molar-refractivity contribution in [1.82, 2.24) is 19.7 Å². The molecular weight excluding hydrogens is 444 g/mol. The number of amides is 1. The first-order chi connectivity index (χ1) is 15.5. The van der Waals surface area contributed by atoms with Crippen molar-refractivity contribution in [3.05, 3.63) is 52.6 Å². The quantitative estimate of drug-likeness (QED) is 0.547. The highest BCUT2D eigenvalue weighted by Crippen LogP contribution is 2.32. The zero-order valence-electron chi connectivity index (χ0n) is 19.0. The van der Waals surface area contributed by atoms with Crippen LogP contribution >= 0.6 is 0 Å². The molecular formula is C22H26N6O4S. The highest BCUT2D eigenvalue weighted by molar-refractivity contribution is 7.93. The van der Waals surface area contributed by atoms with Crippen LogP contribution in [0, 0.1) is 27.7 Å². The summed E-state index contributed by atoms with van der Waals surface area (Å²) < 4.78 is 27.3. The van der Waals surface area contributed by atoms with Gasteiger partial charge in [-0.2, -0.15) is 5.10 Å². The van der Waals surface area contributed by atoms with Gasteiger partial charge in [-0.05, 0) is 58.4 Å². The van der Waals surface area contributed by atoms with Crippen LogP contribution < -0.4 is 9.62 Å². The minimum absolute atomic E-state index is 0.0220. The Morgan fingerprint density at radius 3 is 2.45 bits per heavy atom. The van der Waals surface area contributed by atoms with Crippen molar-refractivity contribution < 1.29 is 18.3 Å². The van der Waals surface area contributed by atoms with Crippen molar-refractivity contribution >= 4 is 27.3 Å². The molecule has 0 saturated carbocycles. The van der Waals surface area contributed by atoms with Crippen LogP contribution in [-0.4, -0.2) is 51.5 Å². The van der Waals surface area contributed by atoms with Crippen molar-refractivity contribution in [3.8, 4) is 11.7 Å². The zero-order valence-corrected chi connectivity index (χ0v) is 19.8. The van der Waals surface area contributed by atoms with Crippen molar-refractivity contribution in [3.63, 3.8) is 0 Å². The number of phenols is 1. The predicted octanol–water partition coefficient (Wildman–Crippen LogP) is 2.32. The first kappa shape index (κ1) is 22.7. The van der Waals surface area contributed by atoms with Crippen LogP contribution in [-0.2, 0) is 21.2 Å². The van der Waals surface area contributed by atoms with Gasteiger partial charge in [0, 0.05) is 29.2 Å². The van der Waals surface area contributed by atoms with Gasteiger partial charge < -0.3 is 10.4 Å². The molecule has 1 amide bonds. The summed E-state index contributed by atoms with van der Waals surface area (Å²) in [5.41, 5.74) is 4.35. The van der Waals surface area contributed by atoms with E-state index in [-0.39, 0.29) is 29.5 Å². The zero-order chi connectivity index (χ0) is 23.9. The molecule has 1 fully saturated rings. The number of phenolic OH excluding ortho intramolecular Hbond substituents is 1. The molecule has 0 spiro atoms. The van der Waals surface area contributed by atoms with Crippen LogP contribution in [0.1, 0.15) is 34.8 Å². The second-order valence-corrected chi connectivity index (χ2v) is 10.2. The van der Waals surface area contributed by atoms with Crippen LogP contribution in [0.25, 0.3) is 5.95 Å². The second-order valence-electron chi connectivity index (χ2n) is 8.18. The molecule has 1 aliphatic rings. The van der Waals surface area contributed by atoms with E-state index < -0.39 is 10.0 Å². The maximum atomic E-state index is 12.8. The maximum absolute atomic E-state index is 12.8. The number of aromatic nitrogens is 4. The lowest BCUT2D eigenvalue weighted by Gasteiger charge is -2.18. The van der Waals surface area contributed by atoms with Gasteiger partial charge in [0.25, 0.3) is 5.95 Å². The summed E-state index contributed by atoms with van der Waals surface area (Å²) in [6, 6.07) is 6.25. The molecule has 10 nitrogen and oxygen atoms in total. The number of nitrogens with zero attached hydrogens (tertiary/aromatic N) is 5. The Kier molecular flexibility index (Phi) is 5.83. The lowest BCUT2D eigenvalue weighted by atomic mass is 10.1. The SMILES string of the molecule is Cc1cc(C)nc(-n2nc(C)c(CC(=O)Nc3cc(N4CCCS4(=O)=O)ccc3O)c2C)n1. The summed E-state index contributed by atoms with van der Waals surface area (Å²) in [6.45, 7) is 7.79. The Labute approximate surface area is 192 Å². The molecule has 33 heavy (non-hydrogen) atoms. The summed E-state index contributed by atoms with van der Waals surface area (Å²) in [6.07, 6.45) is 0.561. The van der Waals surface area contributed by atoms with Gasteiger partial charge in [-0.25, -0.2) is 23.1 Å². The summed E-state index contributed by atoms with van der Waals surface area (Å²) in [5.74, 6) is 0.0228. The third-order valence-corrected chi connectivity index (χ3v) is 7.45. The number of aromatic hydroxyl groups is 1. The second kappa shape index (κ2) is 8.47. The Hall–Kier alpha value is -3.47. The summed E-state index contributed by atoms with van der Waals surface area (Å²) in [4.78, 5) is 21.7. The molecule has 2 aromatic heterocycles. The van der Waals surface area contributed by atoms with E-state index in [2.05, 4.69) is 20.4 Å². The van der Waals surface area contributed by atoms with E-state index in [9.17, 15) is 18.3 Å². The molecule has 0 unspecified atom stereocenters. The number of anilines is 2. The van der Waals surface area contributed by atoms with Gasteiger partial charge in [0.2, 0.25) is 15.9 Å². The van der Waals surface area contributed by atoms with E-state index in [1.807, 2.05) is 33.8 Å². The minimum atomic E-state index is -3.37. The predicted molar refractivity (Wildman–Crippen MR) is 124 cm³/mol. The average Bonchev–Trinajstić information content (AvgIpc) is 3.22. The lowest BCUT2D eigenvalue weighted by molar-refractivity contribution is -0.115. The van der Waals surface area contributed by atoms with E-state index in [4.69, 9.17) is 0 Å². The lowest BCUT2D eigenvalue weighted by Crippen LogP contribution is -2.25. The van der Waals surface area contributed by atoms with Crippen molar-refractivity contribution in [2.45, 2.75) is 40.5 Å². The Bertz CT molecular complexity index is 1330. The molecule has 11 heteroatoms. The summed E-state index contributed by atoms with van der Waals surface area (Å²) in [7, 11) is -3.37. The number of sulfonamides is 1. The molecule has 1 saturated heterocycles. The van der Waals surface area contributed by atoms with Gasteiger partial charge in [-0.3, -0.25) is 9.10 Å². The van der Waals surface area contributed by atoms with Gasteiger partial charge >= 0.3 is 0 Å². The van der Waals surface area contributed by atoms with Crippen molar-refractivity contribution in [1.29, 1.82) is 0 Å². The highest BCUT2D eigenvalue weighted by Gasteiger charge is 2.29. The Morgan fingerprint density at radius 1 is 1.12 bits per heavy atom. The van der Waals surface area contributed by atoms with Gasteiger partial charge in [-0.1, -0.05) is 0 Å². The van der Waals surface area contributed by atoms with E-state index >= 15 is 0 Å². The van der Waals surface area contributed by atoms with E-state index in [0.29, 0.717) is 30.3 Å². The van der Waals surface area contributed by atoms with E-state index in [1.165, 1.54) is 22.5 Å². The number of rotatable bonds is 5. The number of carbonyl (C=O) groups excluding carboxylic acids is 1. The van der Waals surface area contributed by atoms with Crippen LogP contribution in [0.4, 0.5) is 11.4 Å². The maximum Gasteiger partial charge on any atom is 0.251 e. The molecule has 3 heterocycles. The van der Waals surface area contributed by atoms with Crippen molar-refractivity contribution in [2.24, 2.45) is 0 Å². The average molecular weight is 471 g/mol. The number of aryl methyl sites for hydroxylation is 3. The first-order valence-corrected chi connectivity index (χ1v) is 12.2. The molecule has 0 aliphatic carbocycles. The standard InChI is InChI=1S/C22H26N6O4S/c1-13-10-14(2)24-22(23-13)28-16(4)18(15(3)26-28)12-21(30)25-19-11-17(6-7-20(19)29)27-8-5-9-33(27,31)32/h6-7,10-11,29H,5,8-9,12H2,1-4H3,(H,25,30). The Balaban J connectivity index is 1.56. The number of hydrogen-bond acceptors (Lipinski definition) is 7. The number of hydrogen-bond donors (Lipinski definition) is 2. The van der Waals surface area contributed by atoms with Gasteiger partial charge in [0.05, 0.1) is 29.2 Å². The third kappa shape index (κ3) is 4.54. The molecule has 1 aliphatic heterocycles. The topological polar surface area (TPSA) is 130 Å². The summed E-state index contributed by atoms with van der Waals surface area (Å²) >= 11 is 0. The minimum Gasteiger partial charge on any atom is -0.506 e. The van der Waals surface area contributed by atoms with Gasteiger partial charge in [0.1, 0.15) is 5.75 Å². The smallest absolute Gasteiger partial charge is 0.251 e. The Morgan fingerprint density at radius 2 is 1.82 bits per heavy atom. The van der Waals surface area contributed by atoms with Crippen LogP contribution in [0.15, 0.2) is 24.3 Å². The third-order valence-electron chi connectivity index (χ3n) is 5.58. The van der Waals surface area contributed by atoms with E-state index in [0.717, 1.165) is 22.6 Å². The number of benzene rings is 1. The fourth-order valence-corrected chi connectivity index (χ4v) is 5.55. The summed E-state index contributed by atoms with van der Waals surface area (Å²) in [5, 5.41) is 17.4. The fraction of sp³-hybridized carbons (Fsp3) is 0.364. The molecule has 0 bridgehead atoms. The number of carbonyl (C=O) groups is 1. The molecule has 4 rings (SSSR count). The largest absolute Gasteiger partial charge is 0.506 e. The first-order valence-electron chi connectivity index (χ1n) is 10.6.